The fourth-order valence-corrected chi connectivity index (χ4v) is 10.3. The molecule has 0 bridgehead atoms. The van der Waals surface area contributed by atoms with Crippen molar-refractivity contribution in [3.63, 3.8) is 0 Å². The van der Waals surface area contributed by atoms with Crippen molar-refractivity contribution < 1.29 is 28.5 Å². The van der Waals surface area contributed by atoms with E-state index >= 15 is 0 Å². The van der Waals surface area contributed by atoms with Gasteiger partial charge < -0.3 is 28.5 Å². The van der Waals surface area contributed by atoms with Crippen molar-refractivity contribution in [1.29, 1.82) is 5.26 Å². The molecule has 0 radical (unpaired) electrons. The number of hydrogen-bond donors (Lipinski definition) is 0. The van der Waals surface area contributed by atoms with Crippen molar-refractivity contribution in [2.75, 3.05) is 31.8 Å². The van der Waals surface area contributed by atoms with Crippen LogP contribution in [-0.4, -0.2) is 55.9 Å². The number of fused-ring (bicyclic) bond motifs is 4. The molecule has 222 valence electrons. The molecule has 0 aromatic rings. The summed E-state index contributed by atoms with van der Waals surface area (Å²) in [6.07, 6.45) is 14.0. The normalized spacial score (nSPS) is 39.5. The Hall–Kier alpha value is -1.11. The minimum absolute atomic E-state index is 0.0284. The van der Waals surface area contributed by atoms with Crippen LogP contribution >= 0.6 is 15.9 Å². The highest BCUT2D eigenvalue weighted by Crippen LogP contribution is 2.64. The molecular formula is C32H46BrNO6. The van der Waals surface area contributed by atoms with Gasteiger partial charge in [-0.25, -0.2) is 0 Å². The Balaban J connectivity index is 0.000000164. The van der Waals surface area contributed by atoms with Crippen molar-refractivity contribution in [2.24, 2.45) is 40.4 Å². The van der Waals surface area contributed by atoms with Gasteiger partial charge in [-0.1, -0.05) is 47.8 Å². The number of nitrogens with zero attached hydrogens (tertiary/aromatic N) is 1. The summed E-state index contributed by atoms with van der Waals surface area (Å²) in [5, 5.41) is 10.3. The average Bonchev–Trinajstić information content (AvgIpc) is 3.77. The molecule has 0 aromatic carbocycles. The van der Waals surface area contributed by atoms with Crippen LogP contribution in [0.5, 0.6) is 0 Å². The van der Waals surface area contributed by atoms with Crippen LogP contribution in [0.4, 0.5) is 0 Å². The molecule has 7 nitrogen and oxygen atoms in total. The van der Waals surface area contributed by atoms with E-state index in [1.54, 1.807) is 0 Å². The van der Waals surface area contributed by atoms with Gasteiger partial charge in [-0.2, -0.15) is 5.26 Å². The standard InChI is InChI=1S/C18H27BrO3.C14H19NO3/c1-13(14(2)11-19)10-17-5-3-4-15(12-20)16(17)18(7-6-17)21-8-9-22-18;15-10-11-2-1-3-13(6-7-16)4-5-14(12(11)13)17-8-9-18-14/h12-13,15-16H,2-11H2,1H3;7,11-12H,1-6,8-9H2/t13-,15?,16?,17?;/m0./s1. The maximum atomic E-state index is 11.7. The second-order valence-electron chi connectivity index (χ2n) is 13.3. The number of hydrogen-bond acceptors (Lipinski definition) is 7. The lowest BCUT2D eigenvalue weighted by molar-refractivity contribution is -0.213. The van der Waals surface area contributed by atoms with E-state index in [1.165, 1.54) is 18.3 Å². The summed E-state index contributed by atoms with van der Waals surface area (Å²) < 4.78 is 23.9. The average molecular weight is 621 g/mol. The van der Waals surface area contributed by atoms with Gasteiger partial charge in [-0.15, -0.1) is 0 Å². The summed E-state index contributed by atoms with van der Waals surface area (Å²) >= 11 is 3.53. The van der Waals surface area contributed by atoms with Crippen molar-refractivity contribution in [2.45, 2.75) is 95.5 Å². The number of alkyl halides is 1. The fraction of sp³-hybridized carbons (Fsp3) is 0.844. The Kier molecular flexibility index (Phi) is 9.29. The van der Waals surface area contributed by atoms with Gasteiger partial charge in [0.1, 0.15) is 12.6 Å². The predicted molar refractivity (Wildman–Crippen MR) is 153 cm³/mol. The number of ether oxygens (including phenoxy) is 4. The minimum Gasteiger partial charge on any atom is -0.347 e. The fourth-order valence-electron chi connectivity index (χ4n) is 9.76. The van der Waals surface area contributed by atoms with Crippen molar-refractivity contribution in [3.8, 4) is 6.07 Å². The van der Waals surface area contributed by atoms with Crippen LogP contribution in [-0.2, 0) is 28.5 Å². The maximum absolute atomic E-state index is 11.7. The summed E-state index contributed by atoms with van der Waals surface area (Å²) in [5.74, 6) is -0.233. The number of allylic oxidation sites excluding steroid dienone is 1. The molecule has 6 rings (SSSR count). The molecular weight excluding hydrogens is 574 g/mol. The summed E-state index contributed by atoms with van der Waals surface area (Å²) in [4.78, 5) is 22.8. The minimum atomic E-state index is -0.566. The van der Waals surface area contributed by atoms with Gasteiger partial charge in [0.15, 0.2) is 11.6 Å². The van der Waals surface area contributed by atoms with Crippen LogP contribution in [0.1, 0.15) is 84.0 Å². The van der Waals surface area contributed by atoms with E-state index in [4.69, 9.17) is 18.9 Å². The summed E-state index contributed by atoms with van der Waals surface area (Å²) in [7, 11) is 0. The molecule has 4 aliphatic carbocycles. The first kappa shape index (κ1) is 30.4. The number of halogens is 1. The number of carbonyl (C=O) groups excluding carboxylic acids is 2. The summed E-state index contributed by atoms with van der Waals surface area (Å²) in [6.45, 7) is 9.03. The summed E-state index contributed by atoms with van der Waals surface area (Å²) in [5.41, 5.74) is 1.37. The first-order chi connectivity index (χ1) is 19.3. The third kappa shape index (κ3) is 5.17. The van der Waals surface area contributed by atoms with Gasteiger partial charge in [-0.05, 0) is 61.7 Å². The van der Waals surface area contributed by atoms with Gasteiger partial charge in [0.05, 0.1) is 38.4 Å². The van der Waals surface area contributed by atoms with Crippen LogP contribution in [0.25, 0.3) is 0 Å². The van der Waals surface area contributed by atoms with Crippen LogP contribution in [0.3, 0.4) is 0 Å². The Bertz CT molecular complexity index is 984. The molecule has 40 heavy (non-hydrogen) atoms. The lowest BCUT2D eigenvalue weighted by Gasteiger charge is -2.47. The largest absolute Gasteiger partial charge is 0.347 e. The van der Waals surface area contributed by atoms with Crippen LogP contribution in [0.15, 0.2) is 12.2 Å². The Morgan fingerprint density at radius 3 is 2.08 bits per heavy atom. The van der Waals surface area contributed by atoms with Gasteiger partial charge in [0.25, 0.3) is 0 Å². The molecule has 2 aliphatic heterocycles. The van der Waals surface area contributed by atoms with E-state index < -0.39 is 11.6 Å². The van der Waals surface area contributed by atoms with Gasteiger partial charge >= 0.3 is 0 Å². The second-order valence-corrected chi connectivity index (χ2v) is 13.8. The molecule has 7 atom stereocenters. The van der Waals surface area contributed by atoms with E-state index in [1.807, 2.05) is 0 Å². The molecule has 2 heterocycles. The highest BCUT2D eigenvalue weighted by atomic mass is 79.9. The zero-order chi connectivity index (χ0) is 28.4. The Morgan fingerprint density at radius 2 is 1.50 bits per heavy atom. The van der Waals surface area contributed by atoms with E-state index in [0.29, 0.717) is 38.8 Å². The number of rotatable bonds is 7. The number of carbonyl (C=O) groups is 2. The molecule has 0 amide bonds. The number of nitriles is 1. The van der Waals surface area contributed by atoms with E-state index in [0.717, 1.165) is 75.8 Å². The zero-order valence-corrected chi connectivity index (χ0v) is 25.6. The quantitative estimate of drug-likeness (QED) is 0.192. The monoisotopic (exact) mass is 619 g/mol. The lowest BCUT2D eigenvalue weighted by Crippen LogP contribution is -2.48. The Labute approximate surface area is 247 Å². The molecule has 8 heteroatoms. The first-order valence-electron chi connectivity index (χ1n) is 15.4. The molecule has 2 saturated heterocycles. The van der Waals surface area contributed by atoms with Gasteiger partial charge in [-0.3, -0.25) is 0 Å². The van der Waals surface area contributed by atoms with E-state index in [9.17, 15) is 14.9 Å². The smallest absolute Gasteiger partial charge is 0.173 e. The highest BCUT2D eigenvalue weighted by Gasteiger charge is 2.64. The van der Waals surface area contributed by atoms with Crippen LogP contribution in [0, 0.1) is 51.8 Å². The third-order valence-electron chi connectivity index (χ3n) is 11.4. The Morgan fingerprint density at radius 1 is 0.925 bits per heavy atom. The molecule has 4 saturated carbocycles. The van der Waals surface area contributed by atoms with Crippen LogP contribution in [0.2, 0.25) is 0 Å². The molecule has 0 N–H and O–H groups in total. The van der Waals surface area contributed by atoms with Crippen molar-refractivity contribution in [3.05, 3.63) is 12.2 Å². The van der Waals surface area contributed by atoms with E-state index in [2.05, 4.69) is 35.5 Å². The van der Waals surface area contributed by atoms with Crippen molar-refractivity contribution in [1.82, 2.24) is 0 Å². The van der Waals surface area contributed by atoms with E-state index in [-0.39, 0.29) is 34.5 Å². The molecule has 2 spiro atoms. The third-order valence-corrected chi connectivity index (χ3v) is 12.1. The highest BCUT2D eigenvalue weighted by molar-refractivity contribution is 9.09. The predicted octanol–water partition coefficient (Wildman–Crippen LogP) is 6.14. The molecule has 6 aliphatic rings. The summed E-state index contributed by atoms with van der Waals surface area (Å²) in [6, 6.07) is 2.43. The van der Waals surface area contributed by atoms with Crippen molar-refractivity contribution >= 4 is 28.5 Å². The van der Waals surface area contributed by atoms with Crippen LogP contribution < -0.4 is 0 Å². The first-order valence-corrected chi connectivity index (χ1v) is 16.5. The maximum Gasteiger partial charge on any atom is 0.173 e. The molecule has 6 unspecified atom stereocenters. The van der Waals surface area contributed by atoms with Gasteiger partial charge in [0.2, 0.25) is 0 Å². The zero-order valence-electron chi connectivity index (χ0n) is 24.0. The topological polar surface area (TPSA) is 94.9 Å². The SMILES string of the molecule is C=C(CBr)[C@@H](C)CC12CCCC(C=O)C1C1(CC2)OCCO1.N#CC1CCCC2(CC=O)CCC3(OCCO3)C12. The molecule has 0 aromatic heterocycles. The second kappa shape index (κ2) is 12.2. The number of aldehydes is 2. The lowest BCUT2D eigenvalue weighted by atomic mass is 9.59. The van der Waals surface area contributed by atoms with Gasteiger partial charge in [0, 0.05) is 42.3 Å². The molecule has 6 fully saturated rings.